The molecular weight excluding hydrogens is 154 g/mol. The van der Waals surface area contributed by atoms with Gasteiger partial charge < -0.3 is 0 Å². The van der Waals surface area contributed by atoms with Crippen LogP contribution in [0.2, 0.25) is 5.02 Å². The SMILES string of the molecule is Cc1sc(C#N)cc1Cl. The Morgan fingerprint density at radius 1 is 1.78 bits per heavy atom. The van der Waals surface area contributed by atoms with Gasteiger partial charge in [0.1, 0.15) is 10.9 Å². The van der Waals surface area contributed by atoms with Gasteiger partial charge in [-0.25, -0.2) is 0 Å². The second-order valence-electron chi connectivity index (χ2n) is 1.63. The second-order valence-corrected chi connectivity index (χ2v) is 3.29. The van der Waals surface area contributed by atoms with Crippen LogP contribution in [0, 0.1) is 18.3 Å². The Hall–Kier alpha value is -0.520. The molecule has 0 unspecified atom stereocenters. The van der Waals surface area contributed by atoms with Gasteiger partial charge in [0.2, 0.25) is 0 Å². The largest absolute Gasteiger partial charge is 0.192 e. The lowest BCUT2D eigenvalue weighted by molar-refractivity contribution is 1.52. The topological polar surface area (TPSA) is 23.8 Å². The molecule has 0 fully saturated rings. The predicted octanol–water partition coefficient (Wildman–Crippen LogP) is 2.58. The summed E-state index contributed by atoms with van der Waals surface area (Å²) >= 11 is 7.09. The summed E-state index contributed by atoms with van der Waals surface area (Å²) in [7, 11) is 0. The fourth-order valence-electron chi connectivity index (χ4n) is 0.515. The Morgan fingerprint density at radius 2 is 2.44 bits per heavy atom. The highest BCUT2D eigenvalue weighted by Gasteiger charge is 1.99. The molecule has 0 saturated carbocycles. The number of thiophene rings is 1. The van der Waals surface area contributed by atoms with E-state index in [-0.39, 0.29) is 0 Å². The monoisotopic (exact) mass is 157 g/mol. The summed E-state index contributed by atoms with van der Waals surface area (Å²) in [6.07, 6.45) is 0. The van der Waals surface area contributed by atoms with Gasteiger partial charge in [-0.2, -0.15) is 5.26 Å². The van der Waals surface area contributed by atoms with E-state index >= 15 is 0 Å². The average molecular weight is 158 g/mol. The molecule has 1 heterocycles. The Morgan fingerprint density at radius 3 is 2.67 bits per heavy atom. The highest BCUT2D eigenvalue weighted by Crippen LogP contribution is 2.24. The molecule has 9 heavy (non-hydrogen) atoms. The van der Waals surface area contributed by atoms with Gasteiger partial charge >= 0.3 is 0 Å². The zero-order chi connectivity index (χ0) is 6.85. The number of nitriles is 1. The minimum absolute atomic E-state index is 0.678. The number of halogens is 1. The molecule has 0 aliphatic heterocycles. The van der Waals surface area contributed by atoms with Gasteiger partial charge in [-0.05, 0) is 13.0 Å². The van der Waals surface area contributed by atoms with Gasteiger partial charge in [0.15, 0.2) is 0 Å². The average Bonchev–Trinajstić information content (AvgIpc) is 2.13. The van der Waals surface area contributed by atoms with Crippen LogP contribution in [0.1, 0.15) is 9.75 Å². The fourth-order valence-corrected chi connectivity index (χ4v) is 1.51. The van der Waals surface area contributed by atoms with Crippen molar-refractivity contribution in [1.29, 1.82) is 5.26 Å². The first-order valence-electron chi connectivity index (χ1n) is 2.40. The molecule has 0 aliphatic carbocycles. The molecular formula is C6H4ClNS. The molecule has 0 saturated heterocycles. The highest BCUT2D eigenvalue weighted by atomic mass is 35.5. The summed E-state index contributed by atoms with van der Waals surface area (Å²) in [4.78, 5) is 1.69. The molecule has 0 bridgehead atoms. The zero-order valence-electron chi connectivity index (χ0n) is 4.81. The molecule has 1 aromatic rings. The minimum Gasteiger partial charge on any atom is -0.192 e. The molecule has 1 aromatic heterocycles. The van der Waals surface area contributed by atoms with Gasteiger partial charge in [-0.1, -0.05) is 11.6 Å². The van der Waals surface area contributed by atoms with Crippen LogP contribution in [0.25, 0.3) is 0 Å². The van der Waals surface area contributed by atoms with Crippen LogP contribution in [-0.4, -0.2) is 0 Å². The van der Waals surface area contributed by atoms with Gasteiger partial charge in [-0.15, -0.1) is 11.3 Å². The van der Waals surface area contributed by atoms with Crippen molar-refractivity contribution in [2.24, 2.45) is 0 Å². The number of rotatable bonds is 0. The maximum Gasteiger partial charge on any atom is 0.110 e. The van der Waals surface area contributed by atoms with E-state index in [0.29, 0.717) is 9.90 Å². The van der Waals surface area contributed by atoms with Crippen LogP contribution in [0.15, 0.2) is 6.07 Å². The van der Waals surface area contributed by atoms with Crippen LogP contribution in [0.4, 0.5) is 0 Å². The van der Waals surface area contributed by atoms with Gasteiger partial charge in [0.05, 0.1) is 5.02 Å². The van der Waals surface area contributed by atoms with E-state index in [4.69, 9.17) is 16.9 Å². The van der Waals surface area contributed by atoms with Gasteiger partial charge in [0, 0.05) is 4.88 Å². The van der Waals surface area contributed by atoms with Crippen molar-refractivity contribution >= 4 is 22.9 Å². The van der Waals surface area contributed by atoms with Crippen molar-refractivity contribution in [3.05, 3.63) is 20.8 Å². The van der Waals surface area contributed by atoms with Crippen LogP contribution >= 0.6 is 22.9 Å². The summed E-state index contributed by atoms with van der Waals surface area (Å²) in [6.45, 7) is 1.90. The lowest BCUT2D eigenvalue weighted by Crippen LogP contribution is -1.53. The summed E-state index contributed by atoms with van der Waals surface area (Å²) in [6, 6.07) is 3.70. The Balaban J connectivity index is 3.16. The summed E-state index contributed by atoms with van der Waals surface area (Å²) in [5.74, 6) is 0. The fraction of sp³-hybridized carbons (Fsp3) is 0.167. The molecule has 0 N–H and O–H groups in total. The van der Waals surface area contributed by atoms with Crippen molar-refractivity contribution in [2.45, 2.75) is 6.92 Å². The highest BCUT2D eigenvalue weighted by molar-refractivity contribution is 7.13. The van der Waals surface area contributed by atoms with E-state index in [1.54, 1.807) is 6.07 Å². The molecule has 1 rings (SSSR count). The second kappa shape index (κ2) is 2.38. The van der Waals surface area contributed by atoms with Crippen molar-refractivity contribution < 1.29 is 0 Å². The molecule has 3 heteroatoms. The molecule has 46 valence electrons. The Labute approximate surface area is 62.5 Å². The van der Waals surface area contributed by atoms with E-state index in [0.717, 1.165) is 4.88 Å². The molecule has 0 aliphatic rings. The molecule has 0 amide bonds. The molecule has 0 radical (unpaired) electrons. The van der Waals surface area contributed by atoms with Crippen LogP contribution in [0.5, 0.6) is 0 Å². The van der Waals surface area contributed by atoms with E-state index < -0.39 is 0 Å². The molecule has 0 aromatic carbocycles. The molecule has 1 nitrogen and oxygen atoms in total. The Bertz CT molecular complexity index is 239. The van der Waals surface area contributed by atoms with Gasteiger partial charge in [0.25, 0.3) is 0 Å². The molecule has 0 atom stereocenters. The maximum atomic E-state index is 8.38. The van der Waals surface area contributed by atoms with Crippen molar-refractivity contribution in [3.63, 3.8) is 0 Å². The first-order chi connectivity index (χ1) is 4.24. The molecule has 0 spiro atoms. The maximum absolute atomic E-state index is 8.38. The van der Waals surface area contributed by atoms with Crippen LogP contribution in [0.3, 0.4) is 0 Å². The third kappa shape index (κ3) is 1.24. The number of aryl methyl sites for hydroxylation is 1. The predicted molar refractivity (Wildman–Crippen MR) is 38.8 cm³/mol. The van der Waals surface area contributed by atoms with E-state index in [1.165, 1.54) is 11.3 Å². The number of hydrogen-bond acceptors (Lipinski definition) is 2. The van der Waals surface area contributed by atoms with Crippen molar-refractivity contribution in [3.8, 4) is 6.07 Å². The van der Waals surface area contributed by atoms with Crippen LogP contribution in [-0.2, 0) is 0 Å². The third-order valence-corrected chi connectivity index (χ3v) is 2.43. The number of hydrogen-bond donors (Lipinski definition) is 0. The quantitative estimate of drug-likeness (QED) is 0.568. The first kappa shape index (κ1) is 6.60. The summed E-state index contributed by atoms with van der Waals surface area (Å²) in [5.41, 5.74) is 0. The third-order valence-electron chi connectivity index (χ3n) is 0.967. The Kier molecular flexibility index (Phi) is 1.75. The smallest absolute Gasteiger partial charge is 0.110 e. The van der Waals surface area contributed by atoms with E-state index in [1.807, 2.05) is 13.0 Å². The number of nitrogens with zero attached hydrogens (tertiary/aromatic N) is 1. The minimum atomic E-state index is 0.678. The normalized spacial score (nSPS) is 9.00. The van der Waals surface area contributed by atoms with Crippen molar-refractivity contribution in [1.82, 2.24) is 0 Å². The first-order valence-corrected chi connectivity index (χ1v) is 3.59. The van der Waals surface area contributed by atoms with E-state index in [9.17, 15) is 0 Å². The summed E-state index contributed by atoms with van der Waals surface area (Å²) in [5, 5.41) is 9.07. The van der Waals surface area contributed by atoms with E-state index in [2.05, 4.69) is 0 Å². The zero-order valence-corrected chi connectivity index (χ0v) is 6.38. The standard InChI is InChI=1S/C6H4ClNS/c1-4-6(7)2-5(3-8)9-4/h2H,1H3. The lowest BCUT2D eigenvalue weighted by Gasteiger charge is -1.76. The van der Waals surface area contributed by atoms with Crippen LogP contribution < -0.4 is 0 Å². The summed E-state index contributed by atoms with van der Waals surface area (Å²) < 4.78 is 0. The lowest BCUT2D eigenvalue weighted by atomic mass is 10.4. The van der Waals surface area contributed by atoms with Gasteiger partial charge in [-0.3, -0.25) is 0 Å². The van der Waals surface area contributed by atoms with Crippen molar-refractivity contribution in [2.75, 3.05) is 0 Å².